The zero-order valence-electron chi connectivity index (χ0n) is 24.4. The lowest BCUT2D eigenvalue weighted by molar-refractivity contribution is -0.119. The fourth-order valence-electron chi connectivity index (χ4n) is 5.34. The smallest absolute Gasteiger partial charge is 0.216 e. The van der Waals surface area contributed by atoms with E-state index in [2.05, 4.69) is 28.9 Å². The zero-order valence-corrected chi connectivity index (χ0v) is 24.4. The summed E-state index contributed by atoms with van der Waals surface area (Å²) in [6.07, 6.45) is 6.77. The molecule has 2 aromatic heterocycles. The van der Waals surface area contributed by atoms with Gasteiger partial charge in [-0.05, 0) is 85.8 Å². The van der Waals surface area contributed by atoms with Gasteiger partial charge in [0.2, 0.25) is 5.91 Å². The molecule has 0 bridgehead atoms. The van der Waals surface area contributed by atoms with Gasteiger partial charge in [0.05, 0.1) is 35.2 Å². The summed E-state index contributed by atoms with van der Waals surface area (Å²) in [4.78, 5) is 15.8. The van der Waals surface area contributed by atoms with Crippen molar-refractivity contribution >= 4 is 28.6 Å². The van der Waals surface area contributed by atoms with Crippen LogP contribution in [0.3, 0.4) is 0 Å². The van der Waals surface area contributed by atoms with Gasteiger partial charge in [0, 0.05) is 31.3 Å². The SMILES string of the molecule is CCc1cc(O)ccc1/N=C(\N)c1cnn2cc(-c3ccc(OCCNC(C)=O)cc3C)cc2c1NC[C@H]1CCCN1. The van der Waals surface area contributed by atoms with Gasteiger partial charge in [0.1, 0.15) is 23.9 Å². The van der Waals surface area contributed by atoms with Gasteiger partial charge >= 0.3 is 0 Å². The Balaban J connectivity index is 1.49. The number of phenols is 1. The van der Waals surface area contributed by atoms with Gasteiger partial charge in [0.25, 0.3) is 0 Å². The Labute approximate surface area is 246 Å². The minimum absolute atomic E-state index is 0.0740. The molecule has 0 saturated carbocycles. The third-order valence-corrected chi connectivity index (χ3v) is 7.54. The zero-order chi connectivity index (χ0) is 29.6. The maximum absolute atomic E-state index is 11.1. The fourth-order valence-corrected chi connectivity index (χ4v) is 5.34. The second-order valence-electron chi connectivity index (χ2n) is 10.6. The van der Waals surface area contributed by atoms with E-state index in [1.807, 2.05) is 35.8 Å². The lowest BCUT2D eigenvalue weighted by Crippen LogP contribution is -2.30. The molecule has 5 rings (SSSR count). The molecule has 1 fully saturated rings. The normalized spacial score (nSPS) is 15.2. The second-order valence-corrected chi connectivity index (χ2v) is 10.6. The molecular formula is C32H39N7O3. The van der Waals surface area contributed by atoms with Gasteiger partial charge in [-0.2, -0.15) is 5.10 Å². The molecule has 0 radical (unpaired) electrons. The van der Waals surface area contributed by atoms with E-state index in [0.29, 0.717) is 25.0 Å². The number of fused-ring (bicyclic) bond motifs is 1. The van der Waals surface area contributed by atoms with E-state index >= 15 is 0 Å². The maximum Gasteiger partial charge on any atom is 0.216 e. The Morgan fingerprint density at radius 3 is 2.86 bits per heavy atom. The lowest BCUT2D eigenvalue weighted by atomic mass is 10.0. The van der Waals surface area contributed by atoms with Crippen molar-refractivity contribution in [2.75, 3.05) is 31.6 Å². The summed E-state index contributed by atoms with van der Waals surface area (Å²) in [5.74, 6) is 1.24. The third kappa shape index (κ3) is 6.66. The molecule has 10 heteroatoms. The number of hydrogen-bond donors (Lipinski definition) is 5. The number of aromatic hydroxyl groups is 1. The second kappa shape index (κ2) is 12.9. The molecule has 1 aliphatic rings. The van der Waals surface area contributed by atoms with E-state index < -0.39 is 0 Å². The molecule has 3 heterocycles. The van der Waals surface area contributed by atoms with Gasteiger partial charge in [0.15, 0.2) is 0 Å². The van der Waals surface area contributed by atoms with Crippen LogP contribution in [0.2, 0.25) is 0 Å². The monoisotopic (exact) mass is 569 g/mol. The van der Waals surface area contributed by atoms with Crippen molar-refractivity contribution in [2.24, 2.45) is 10.7 Å². The minimum Gasteiger partial charge on any atom is -0.508 e. The highest BCUT2D eigenvalue weighted by Crippen LogP contribution is 2.33. The molecule has 10 nitrogen and oxygen atoms in total. The summed E-state index contributed by atoms with van der Waals surface area (Å²) in [5.41, 5.74) is 13.9. The van der Waals surface area contributed by atoms with Crippen molar-refractivity contribution in [2.45, 2.75) is 46.1 Å². The van der Waals surface area contributed by atoms with Crippen molar-refractivity contribution in [1.29, 1.82) is 0 Å². The highest BCUT2D eigenvalue weighted by molar-refractivity contribution is 6.06. The van der Waals surface area contributed by atoms with Crippen LogP contribution in [0.25, 0.3) is 16.6 Å². The van der Waals surface area contributed by atoms with Gasteiger partial charge in [-0.25, -0.2) is 9.51 Å². The van der Waals surface area contributed by atoms with Gasteiger partial charge in [-0.15, -0.1) is 0 Å². The maximum atomic E-state index is 11.1. The topological polar surface area (TPSA) is 138 Å². The molecule has 4 aromatic rings. The summed E-state index contributed by atoms with van der Waals surface area (Å²) in [6, 6.07) is 13.6. The van der Waals surface area contributed by atoms with Crippen molar-refractivity contribution in [3.05, 3.63) is 71.5 Å². The predicted octanol–water partition coefficient (Wildman–Crippen LogP) is 4.29. The average molecular weight is 570 g/mol. The van der Waals surface area contributed by atoms with Crippen LogP contribution in [0.4, 0.5) is 11.4 Å². The Bertz CT molecular complexity index is 1610. The fraction of sp³-hybridized carbons (Fsp3) is 0.344. The molecule has 1 amide bonds. The summed E-state index contributed by atoms with van der Waals surface area (Å²) >= 11 is 0. The number of amidine groups is 1. The molecule has 6 N–H and O–H groups in total. The first-order valence-corrected chi connectivity index (χ1v) is 14.5. The van der Waals surface area contributed by atoms with Crippen LogP contribution < -0.4 is 26.4 Å². The van der Waals surface area contributed by atoms with E-state index in [-0.39, 0.29) is 11.7 Å². The summed E-state index contributed by atoms with van der Waals surface area (Å²) in [5, 5.41) is 24.6. The number of hydrogen-bond acceptors (Lipinski definition) is 7. The number of nitrogens with one attached hydrogen (secondary N) is 3. The number of ether oxygens (including phenoxy) is 1. The molecule has 1 atom stereocenters. The first kappa shape index (κ1) is 28.9. The van der Waals surface area contributed by atoms with Gasteiger partial charge < -0.3 is 31.5 Å². The molecule has 1 saturated heterocycles. The van der Waals surface area contributed by atoms with Crippen LogP contribution in [-0.2, 0) is 11.2 Å². The molecule has 2 aromatic carbocycles. The largest absolute Gasteiger partial charge is 0.508 e. The minimum atomic E-state index is -0.0740. The number of carbonyl (C=O) groups is 1. The third-order valence-electron chi connectivity index (χ3n) is 7.54. The van der Waals surface area contributed by atoms with Crippen LogP contribution >= 0.6 is 0 Å². The molecule has 0 spiro atoms. The summed E-state index contributed by atoms with van der Waals surface area (Å²) in [7, 11) is 0. The van der Waals surface area contributed by atoms with E-state index in [1.165, 1.54) is 6.92 Å². The Kier molecular flexibility index (Phi) is 8.92. The number of aromatic nitrogens is 2. The number of benzene rings is 2. The first-order valence-electron chi connectivity index (χ1n) is 14.5. The van der Waals surface area contributed by atoms with Gasteiger partial charge in [-0.1, -0.05) is 13.0 Å². The van der Waals surface area contributed by atoms with E-state index in [4.69, 9.17) is 20.6 Å². The average Bonchev–Trinajstić information content (AvgIpc) is 3.65. The highest BCUT2D eigenvalue weighted by atomic mass is 16.5. The molecule has 0 aliphatic carbocycles. The van der Waals surface area contributed by atoms with Crippen LogP contribution in [0.15, 0.2) is 59.9 Å². The molecule has 42 heavy (non-hydrogen) atoms. The molecule has 0 unspecified atom stereocenters. The number of aliphatic imine (C=N–C) groups is 1. The number of anilines is 1. The Morgan fingerprint density at radius 1 is 1.26 bits per heavy atom. The molecule has 220 valence electrons. The first-order chi connectivity index (χ1) is 20.3. The van der Waals surface area contributed by atoms with Crippen LogP contribution in [0, 0.1) is 6.92 Å². The van der Waals surface area contributed by atoms with Crippen molar-refractivity contribution in [1.82, 2.24) is 20.2 Å². The van der Waals surface area contributed by atoms with Crippen molar-refractivity contribution in [3.63, 3.8) is 0 Å². The van der Waals surface area contributed by atoms with Crippen LogP contribution in [-0.4, -0.2) is 58.7 Å². The number of nitrogens with two attached hydrogens (primary N) is 1. The van der Waals surface area contributed by atoms with Crippen molar-refractivity contribution in [3.8, 4) is 22.6 Å². The van der Waals surface area contributed by atoms with Crippen LogP contribution in [0.5, 0.6) is 11.5 Å². The van der Waals surface area contributed by atoms with E-state index in [1.54, 1.807) is 24.4 Å². The summed E-state index contributed by atoms with van der Waals surface area (Å²) < 4.78 is 7.68. The summed E-state index contributed by atoms with van der Waals surface area (Å²) in [6.45, 7) is 8.20. The lowest BCUT2D eigenvalue weighted by Gasteiger charge is -2.17. The number of aryl methyl sites for hydroxylation is 2. The van der Waals surface area contributed by atoms with E-state index in [9.17, 15) is 9.90 Å². The molecular weight excluding hydrogens is 530 g/mol. The standard InChI is InChI=1S/C32H39N7O3/c1-4-22-15-25(41)7-10-29(22)38-32(33)28-18-37-39-19-23(16-30(39)31(28)36-17-24-6-5-11-35-24)27-9-8-26(14-20(27)2)42-13-12-34-21(3)40/h7-10,14-16,18-19,24,35-36,41H,4-6,11-13,17H2,1-3H3,(H2,33,38)(H,34,40)/t24-/m1/s1. The number of rotatable bonds is 11. The Hall–Kier alpha value is -4.57. The number of nitrogens with zero attached hydrogens (tertiary/aromatic N) is 3. The van der Waals surface area contributed by atoms with Crippen LogP contribution in [0.1, 0.15) is 43.4 Å². The highest BCUT2D eigenvalue weighted by Gasteiger charge is 2.19. The number of amides is 1. The number of carbonyl (C=O) groups excluding carboxylic acids is 1. The number of phenolic OH excluding ortho intramolecular Hbond substituents is 1. The van der Waals surface area contributed by atoms with Crippen molar-refractivity contribution < 1.29 is 14.6 Å². The quantitative estimate of drug-likeness (QED) is 0.103. The van der Waals surface area contributed by atoms with E-state index in [0.717, 1.165) is 82.8 Å². The predicted molar refractivity (Wildman–Crippen MR) is 167 cm³/mol. The Morgan fingerprint density at radius 2 is 2.12 bits per heavy atom. The molecule has 1 aliphatic heterocycles. The van der Waals surface area contributed by atoms with Gasteiger partial charge in [-0.3, -0.25) is 4.79 Å².